The standard InChI is InChI=1S/C24H32N2O3S2/c1-24(2,22(28)29-20-14-10-5-4-6-11-15-20)31-23-25-18(17-30-23)16-21(27)26(3)19-12-8-7-9-13-19/h7-9,12-13,17,20H,4-6,10-11,14-16H2,1-3H3. The first-order chi connectivity index (χ1) is 14.8. The van der Waals surface area contributed by atoms with Crippen LogP contribution in [0.3, 0.4) is 0 Å². The lowest BCUT2D eigenvalue weighted by Gasteiger charge is -2.26. The largest absolute Gasteiger partial charge is 0.461 e. The van der Waals surface area contributed by atoms with Gasteiger partial charge in [0.2, 0.25) is 5.91 Å². The van der Waals surface area contributed by atoms with Crippen LogP contribution in [-0.4, -0.2) is 34.8 Å². The summed E-state index contributed by atoms with van der Waals surface area (Å²) in [5, 5.41) is 1.90. The first-order valence-corrected chi connectivity index (χ1v) is 12.7. The second-order valence-corrected chi connectivity index (χ2v) is 11.3. The fourth-order valence-corrected chi connectivity index (χ4v) is 5.81. The Hall–Kier alpha value is -1.86. The molecule has 0 N–H and O–H groups in total. The molecule has 2 aromatic rings. The number of amides is 1. The van der Waals surface area contributed by atoms with Gasteiger partial charge in [0.15, 0.2) is 4.34 Å². The van der Waals surface area contributed by atoms with Gasteiger partial charge in [-0.05, 0) is 51.7 Å². The molecule has 1 amide bonds. The van der Waals surface area contributed by atoms with Crippen molar-refractivity contribution in [2.24, 2.45) is 0 Å². The molecule has 1 aliphatic carbocycles. The SMILES string of the molecule is CN(C(=O)Cc1csc(SC(C)(C)C(=O)OC2CCCCCCC2)n1)c1ccccc1. The van der Waals surface area contributed by atoms with Crippen molar-refractivity contribution in [2.45, 2.75) is 80.4 Å². The predicted octanol–water partition coefficient (Wildman–Crippen LogP) is 5.88. The molecular weight excluding hydrogens is 428 g/mol. The highest BCUT2D eigenvalue weighted by Crippen LogP contribution is 2.36. The van der Waals surface area contributed by atoms with E-state index in [2.05, 4.69) is 4.98 Å². The lowest BCUT2D eigenvalue weighted by Crippen LogP contribution is -2.33. The Morgan fingerprint density at radius 2 is 1.77 bits per heavy atom. The van der Waals surface area contributed by atoms with E-state index in [4.69, 9.17) is 4.74 Å². The molecule has 1 heterocycles. The molecule has 31 heavy (non-hydrogen) atoms. The molecule has 0 saturated heterocycles. The Balaban J connectivity index is 1.54. The number of hydrogen-bond acceptors (Lipinski definition) is 6. The Morgan fingerprint density at radius 3 is 2.45 bits per heavy atom. The van der Waals surface area contributed by atoms with Crippen molar-refractivity contribution in [3.05, 3.63) is 41.4 Å². The summed E-state index contributed by atoms with van der Waals surface area (Å²) in [5.41, 5.74) is 1.58. The molecule has 0 spiro atoms. The number of carbonyl (C=O) groups excluding carboxylic acids is 2. The third-order valence-electron chi connectivity index (χ3n) is 5.54. The summed E-state index contributed by atoms with van der Waals surface area (Å²) in [4.78, 5) is 31.7. The first kappa shape index (κ1) is 23.8. The smallest absolute Gasteiger partial charge is 0.322 e. The van der Waals surface area contributed by atoms with Gasteiger partial charge in [-0.15, -0.1) is 11.3 Å². The fourth-order valence-electron chi connectivity index (χ4n) is 3.58. The van der Waals surface area contributed by atoms with E-state index >= 15 is 0 Å². The van der Waals surface area contributed by atoms with Gasteiger partial charge in [-0.25, -0.2) is 4.98 Å². The number of benzene rings is 1. The van der Waals surface area contributed by atoms with Gasteiger partial charge in [-0.1, -0.05) is 49.2 Å². The van der Waals surface area contributed by atoms with Gasteiger partial charge in [-0.3, -0.25) is 9.59 Å². The number of hydrogen-bond donors (Lipinski definition) is 0. The number of likely N-dealkylation sites (N-methyl/N-ethyl adjacent to an activating group) is 1. The average molecular weight is 461 g/mol. The van der Waals surface area contributed by atoms with Gasteiger partial charge >= 0.3 is 5.97 Å². The van der Waals surface area contributed by atoms with E-state index in [1.54, 1.807) is 11.9 Å². The second-order valence-electron chi connectivity index (χ2n) is 8.55. The maximum Gasteiger partial charge on any atom is 0.322 e. The normalized spacial score (nSPS) is 15.7. The molecule has 0 radical (unpaired) electrons. The van der Waals surface area contributed by atoms with E-state index < -0.39 is 4.75 Å². The summed E-state index contributed by atoms with van der Waals surface area (Å²) < 4.78 is 5.93. The highest BCUT2D eigenvalue weighted by Gasteiger charge is 2.34. The molecule has 7 heteroatoms. The van der Waals surface area contributed by atoms with Gasteiger partial charge in [-0.2, -0.15) is 0 Å². The van der Waals surface area contributed by atoms with Crippen LogP contribution in [0.1, 0.15) is 64.5 Å². The molecule has 0 bridgehead atoms. The third-order valence-corrected chi connectivity index (χ3v) is 7.70. The van der Waals surface area contributed by atoms with Crippen LogP contribution in [0.4, 0.5) is 5.69 Å². The zero-order valence-electron chi connectivity index (χ0n) is 18.6. The molecule has 1 saturated carbocycles. The lowest BCUT2D eigenvalue weighted by molar-refractivity contribution is -0.152. The van der Waals surface area contributed by atoms with Crippen LogP contribution in [0.15, 0.2) is 40.1 Å². The van der Waals surface area contributed by atoms with E-state index in [0.29, 0.717) is 0 Å². The summed E-state index contributed by atoms with van der Waals surface area (Å²) >= 11 is 2.88. The highest BCUT2D eigenvalue weighted by atomic mass is 32.2. The number of esters is 1. The van der Waals surface area contributed by atoms with Crippen molar-refractivity contribution < 1.29 is 14.3 Å². The lowest BCUT2D eigenvalue weighted by atomic mass is 9.98. The van der Waals surface area contributed by atoms with Crippen LogP contribution in [0, 0.1) is 0 Å². The van der Waals surface area contributed by atoms with Crippen LogP contribution in [0.2, 0.25) is 0 Å². The van der Waals surface area contributed by atoms with Crippen molar-refractivity contribution in [3.63, 3.8) is 0 Å². The maximum absolute atomic E-state index is 12.8. The molecule has 5 nitrogen and oxygen atoms in total. The van der Waals surface area contributed by atoms with Crippen LogP contribution >= 0.6 is 23.1 Å². The molecule has 0 unspecified atom stereocenters. The molecular formula is C24H32N2O3S2. The Bertz CT molecular complexity index is 859. The average Bonchev–Trinajstić information content (AvgIpc) is 3.15. The Kier molecular flexibility index (Phi) is 8.55. The number of nitrogens with zero attached hydrogens (tertiary/aromatic N) is 2. The summed E-state index contributed by atoms with van der Waals surface area (Å²) in [5.74, 6) is -0.198. The highest BCUT2D eigenvalue weighted by molar-refractivity contribution is 8.03. The van der Waals surface area contributed by atoms with Crippen molar-refractivity contribution in [3.8, 4) is 0 Å². The maximum atomic E-state index is 12.8. The van der Waals surface area contributed by atoms with E-state index in [-0.39, 0.29) is 24.4 Å². The second kappa shape index (κ2) is 11.1. The molecule has 1 aromatic heterocycles. The molecule has 1 aromatic carbocycles. The minimum atomic E-state index is -0.720. The summed E-state index contributed by atoms with van der Waals surface area (Å²) in [7, 11) is 1.77. The third kappa shape index (κ3) is 7.07. The van der Waals surface area contributed by atoms with Crippen LogP contribution < -0.4 is 4.90 Å². The molecule has 0 atom stereocenters. The molecule has 0 aliphatic heterocycles. The van der Waals surface area contributed by atoms with Crippen LogP contribution in [-0.2, 0) is 20.7 Å². The number of aromatic nitrogens is 1. The zero-order valence-corrected chi connectivity index (χ0v) is 20.3. The Morgan fingerprint density at radius 1 is 1.13 bits per heavy atom. The number of thioether (sulfide) groups is 1. The Labute approximate surface area is 193 Å². The van der Waals surface area contributed by atoms with Crippen LogP contribution in [0.5, 0.6) is 0 Å². The van der Waals surface area contributed by atoms with Crippen molar-refractivity contribution in [1.29, 1.82) is 0 Å². The van der Waals surface area contributed by atoms with E-state index in [9.17, 15) is 9.59 Å². The molecule has 3 rings (SSSR count). The quantitative estimate of drug-likeness (QED) is 0.382. The minimum Gasteiger partial charge on any atom is -0.461 e. The zero-order chi connectivity index (χ0) is 22.3. The van der Waals surface area contributed by atoms with E-state index in [1.165, 1.54) is 42.4 Å². The number of carbonyl (C=O) groups is 2. The van der Waals surface area contributed by atoms with Gasteiger partial charge in [0.05, 0.1) is 12.1 Å². The monoisotopic (exact) mass is 460 g/mol. The van der Waals surface area contributed by atoms with E-state index in [0.717, 1.165) is 41.4 Å². The van der Waals surface area contributed by atoms with Gasteiger partial charge in [0.25, 0.3) is 0 Å². The summed E-state index contributed by atoms with van der Waals surface area (Å²) in [6.07, 6.45) is 8.20. The number of anilines is 1. The number of para-hydroxylation sites is 1. The number of rotatable bonds is 7. The molecule has 168 valence electrons. The number of thiazole rings is 1. The number of ether oxygens (including phenoxy) is 1. The van der Waals surface area contributed by atoms with Crippen LogP contribution in [0.25, 0.3) is 0 Å². The van der Waals surface area contributed by atoms with E-state index in [1.807, 2.05) is 49.6 Å². The first-order valence-electron chi connectivity index (χ1n) is 11.0. The molecule has 1 fully saturated rings. The van der Waals surface area contributed by atoms with Crippen molar-refractivity contribution in [1.82, 2.24) is 4.98 Å². The predicted molar refractivity (Wildman–Crippen MR) is 128 cm³/mol. The van der Waals surface area contributed by atoms with Gasteiger partial charge in [0, 0.05) is 18.1 Å². The topological polar surface area (TPSA) is 59.5 Å². The molecule has 1 aliphatic rings. The minimum absolute atomic E-state index is 0.0176. The van der Waals surface area contributed by atoms with Crippen molar-refractivity contribution in [2.75, 3.05) is 11.9 Å². The summed E-state index contributed by atoms with van der Waals surface area (Å²) in [6.45, 7) is 3.77. The van der Waals surface area contributed by atoms with Gasteiger partial charge in [0.1, 0.15) is 10.9 Å². The van der Waals surface area contributed by atoms with Crippen molar-refractivity contribution >= 4 is 40.7 Å². The fraction of sp³-hybridized carbons (Fsp3) is 0.542. The van der Waals surface area contributed by atoms with Gasteiger partial charge < -0.3 is 9.64 Å². The summed E-state index contributed by atoms with van der Waals surface area (Å²) in [6, 6.07) is 9.56.